The molecule has 0 aliphatic heterocycles. The molecule has 1 aromatic heterocycles. The van der Waals surface area contributed by atoms with Crippen molar-refractivity contribution in [3.8, 4) is 0 Å². The van der Waals surface area contributed by atoms with Crippen LogP contribution >= 0.6 is 15.9 Å². The van der Waals surface area contributed by atoms with Gasteiger partial charge < -0.3 is 10.5 Å². The number of nitrogens with two attached hydrogens (primary N) is 1. The van der Waals surface area contributed by atoms with E-state index in [0.717, 1.165) is 6.07 Å². The Morgan fingerprint density at radius 1 is 1.69 bits per heavy atom. The van der Waals surface area contributed by atoms with Crippen molar-refractivity contribution in [2.75, 3.05) is 12.8 Å². The van der Waals surface area contributed by atoms with E-state index in [0.29, 0.717) is 0 Å². The van der Waals surface area contributed by atoms with Crippen LogP contribution < -0.4 is 5.73 Å². The SMILES string of the molecule is COC(=O)Cc1nc(Br)cc(C(F)F)c1N. The maximum atomic E-state index is 12.6. The van der Waals surface area contributed by atoms with Crippen molar-refractivity contribution in [3.05, 3.63) is 21.9 Å². The molecule has 0 saturated heterocycles. The van der Waals surface area contributed by atoms with Crippen LogP contribution in [0.15, 0.2) is 10.7 Å². The third kappa shape index (κ3) is 2.88. The van der Waals surface area contributed by atoms with Crippen molar-refractivity contribution >= 4 is 27.6 Å². The van der Waals surface area contributed by atoms with Crippen molar-refractivity contribution in [2.24, 2.45) is 0 Å². The molecule has 4 nitrogen and oxygen atoms in total. The number of anilines is 1. The van der Waals surface area contributed by atoms with E-state index in [9.17, 15) is 13.6 Å². The number of hydrogen-bond acceptors (Lipinski definition) is 4. The van der Waals surface area contributed by atoms with Crippen molar-refractivity contribution < 1.29 is 18.3 Å². The van der Waals surface area contributed by atoms with Gasteiger partial charge in [-0.1, -0.05) is 0 Å². The normalized spacial score (nSPS) is 10.6. The molecule has 0 bridgehead atoms. The highest BCUT2D eigenvalue weighted by Crippen LogP contribution is 2.29. The molecule has 0 saturated carbocycles. The highest BCUT2D eigenvalue weighted by atomic mass is 79.9. The third-order valence-electron chi connectivity index (χ3n) is 1.91. The number of carbonyl (C=O) groups excluding carboxylic acids is 1. The Bertz CT molecular complexity index is 413. The summed E-state index contributed by atoms with van der Waals surface area (Å²) >= 11 is 2.98. The lowest BCUT2D eigenvalue weighted by atomic mass is 10.1. The highest BCUT2D eigenvalue weighted by Gasteiger charge is 2.18. The topological polar surface area (TPSA) is 65.2 Å². The Morgan fingerprint density at radius 2 is 2.31 bits per heavy atom. The van der Waals surface area contributed by atoms with Gasteiger partial charge in [-0.2, -0.15) is 0 Å². The van der Waals surface area contributed by atoms with E-state index < -0.39 is 12.4 Å². The fourth-order valence-electron chi connectivity index (χ4n) is 1.12. The molecule has 88 valence electrons. The van der Waals surface area contributed by atoms with Gasteiger partial charge in [0.15, 0.2) is 0 Å². The lowest BCUT2D eigenvalue weighted by molar-refractivity contribution is -0.139. The van der Waals surface area contributed by atoms with E-state index in [2.05, 4.69) is 25.7 Å². The van der Waals surface area contributed by atoms with E-state index >= 15 is 0 Å². The lowest BCUT2D eigenvalue weighted by Gasteiger charge is -2.09. The van der Waals surface area contributed by atoms with Crippen molar-refractivity contribution in [1.82, 2.24) is 4.98 Å². The Kier molecular flexibility index (Phi) is 4.17. The standard InChI is InChI=1S/C9H9BrF2N2O2/c1-16-7(15)3-5-8(13)4(9(11)12)2-6(10)14-5/h2,9H,3,13H2,1H3. The minimum atomic E-state index is -2.71. The van der Waals surface area contributed by atoms with Gasteiger partial charge in [-0.3, -0.25) is 4.79 Å². The van der Waals surface area contributed by atoms with Crippen molar-refractivity contribution in [3.63, 3.8) is 0 Å². The molecule has 0 amide bonds. The number of nitrogen functional groups attached to an aromatic ring is 1. The zero-order valence-electron chi connectivity index (χ0n) is 8.34. The van der Waals surface area contributed by atoms with E-state index in [1.165, 1.54) is 7.11 Å². The summed E-state index contributed by atoms with van der Waals surface area (Å²) in [5.74, 6) is -0.586. The molecule has 0 aliphatic rings. The Balaban J connectivity index is 3.14. The minimum Gasteiger partial charge on any atom is -0.469 e. The molecule has 0 aliphatic carbocycles. The van der Waals surface area contributed by atoms with Crippen LogP contribution in [0.4, 0.5) is 14.5 Å². The summed E-state index contributed by atoms with van der Waals surface area (Å²) in [5.41, 5.74) is 5.04. The second-order valence-corrected chi connectivity index (χ2v) is 3.76. The Labute approximate surface area is 98.9 Å². The van der Waals surface area contributed by atoms with Crippen LogP contribution in [-0.2, 0) is 16.0 Å². The molecule has 1 rings (SSSR count). The number of halogens is 3. The third-order valence-corrected chi connectivity index (χ3v) is 2.32. The van der Waals surface area contributed by atoms with Gasteiger partial charge in [0.05, 0.1) is 24.9 Å². The largest absolute Gasteiger partial charge is 0.469 e. The zero-order valence-corrected chi connectivity index (χ0v) is 9.92. The first-order valence-electron chi connectivity index (χ1n) is 4.25. The monoisotopic (exact) mass is 294 g/mol. The van der Waals surface area contributed by atoms with Gasteiger partial charge in [0, 0.05) is 5.56 Å². The summed E-state index contributed by atoms with van der Waals surface area (Å²) in [4.78, 5) is 14.9. The molecular weight excluding hydrogens is 286 g/mol. The zero-order chi connectivity index (χ0) is 12.3. The predicted molar refractivity (Wildman–Crippen MR) is 57.0 cm³/mol. The number of methoxy groups -OCH3 is 1. The Morgan fingerprint density at radius 3 is 2.81 bits per heavy atom. The van der Waals surface area contributed by atoms with Gasteiger partial charge in [0.25, 0.3) is 6.43 Å². The molecule has 2 N–H and O–H groups in total. The van der Waals surface area contributed by atoms with Crippen LogP contribution in [0, 0.1) is 0 Å². The molecule has 0 spiro atoms. The summed E-state index contributed by atoms with van der Waals surface area (Å²) in [6.45, 7) is 0. The number of rotatable bonds is 3. The van der Waals surface area contributed by atoms with E-state index in [4.69, 9.17) is 5.73 Å². The summed E-state index contributed by atoms with van der Waals surface area (Å²) < 4.78 is 29.7. The summed E-state index contributed by atoms with van der Waals surface area (Å²) in [6.07, 6.45) is -2.95. The van der Waals surface area contributed by atoms with Gasteiger partial charge in [-0.15, -0.1) is 0 Å². The molecular formula is C9H9BrF2N2O2. The van der Waals surface area contributed by atoms with E-state index in [-0.39, 0.29) is 28.0 Å². The number of aromatic nitrogens is 1. The first kappa shape index (κ1) is 12.8. The Hall–Kier alpha value is -1.24. The lowest BCUT2D eigenvalue weighted by Crippen LogP contribution is -2.11. The predicted octanol–water partition coefficient (Wildman–Crippen LogP) is 2.08. The van der Waals surface area contributed by atoms with E-state index in [1.807, 2.05) is 0 Å². The van der Waals surface area contributed by atoms with Gasteiger partial charge in [0.2, 0.25) is 0 Å². The van der Waals surface area contributed by atoms with Crippen LogP contribution in [-0.4, -0.2) is 18.1 Å². The fraction of sp³-hybridized carbons (Fsp3) is 0.333. The average Bonchev–Trinajstić information content (AvgIpc) is 2.22. The van der Waals surface area contributed by atoms with Crippen LogP contribution in [0.1, 0.15) is 17.7 Å². The van der Waals surface area contributed by atoms with Crippen LogP contribution in [0.5, 0.6) is 0 Å². The molecule has 0 unspecified atom stereocenters. The number of carbonyl (C=O) groups is 1. The maximum absolute atomic E-state index is 12.6. The average molecular weight is 295 g/mol. The van der Waals surface area contributed by atoms with E-state index in [1.54, 1.807) is 0 Å². The number of ether oxygens (including phenoxy) is 1. The molecule has 0 aromatic carbocycles. The quantitative estimate of drug-likeness (QED) is 0.685. The first-order chi connectivity index (χ1) is 7.45. The number of pyridine rings is 1. The summed E-state index contributed by atoms with van der Waals surface area (Å²) in [7, 11) is 1.20. The summed E-state index contributed by atoms with van der Waals surface area (Å²) in [6, 6.07) is 1.13. The fourth-order valence-corrected chi connectivity index (χ4v) is 1.58. The number of hydrogen-bond donors (Lipinski definition) is 1. The van der Waals surface area contributed by atoms with Gasteiger partial charge >= 0.3 is 5.97 Å². The molecule has 0 fully saturated rings. The van der Waals surface area contributed by atoms with Crippen molar-refractivity contribution in [1.29, 1.82) is 0 Å². The smallest absolute Gasteiger partial charge is 0.311 e. The molecule has 0 atom stereocenters. The summed E-state index contributed by atoms with van der Waals surface area (Å²) in [5, 5.41) is 0. The van der Waals surface area contributed by atoms with Crippen LogP contribution in [0.2, 0.25) is 0 Å². The second kappa shape index (κ2) is 5.20. The first-order valence-corrected chi connectivity index (χ1v) is 5.04. The molecule has 16 heavy (non-hydrogen) atoms. The highest BCUT2D eigenvalue weighted by molar-refractivity contribution is 9.10. The van der Waals surface area contributed by atoms with Crippen LogP contribution in [0.3, 0.4) is 0 Å². The molecule has 7 heteroatoms. The van der Waals surface area contributed by atoms with Gasteiger partial charge in [-0.05, 0) is 22.0 Å². The minimum absolute atomic E-state index is 0.0801. The van der Waals surface area contributed by atoms with Gasteiger partial charge in [-0.25, -0.2) is 13.8 Å². The van der Waals surface area contributed by atoms with Gasteiger partial charge in [0.1, 0.15) is 4.60 Å². The number of alkyl halides is 2. The maximum Gasteiger partial charge on any atom is 0.311 e. The van der Waals surface area contributed by atoms with Crippen LogP contribution in [0.25, 0.3) is 0 Å². The molecule has 0 radical (unpaired) electrons. The van der Waals surface area contributed by atoms with Crippen molar-refractivity contribution in [2.45, 2.75) is 12.8 Å². The number of esters is 1. The molecule has 1 heterocycles. The number of nitrogens with zero attached hydrogens (tertiary/aromatic N) is 1. The molecule has 1 aromatic rings. The second-order valence-electron chi connectivity index (χ2n) is 2.95.